The molecule has 1 aliphatic heterocycles. The standard InChI is InChI=1S/C21H16ClF2N7O/c1-29-18-13-5-12(15(22)6-17(13)28-19(25)14(18)8-27-29)21(32)31-10-11(7-23)9-30(31)20-16(24)3-2-4-26-20/h2-6,8-9H,7,10H2,1H3,(H2,25,28). The molecule has 0 radical (unpaired) electrons. The van der Waals surface area contributed by atoms with E-state index >= 15 is 0 Å². The molecule has 0 bridgehead atoms. The molecule has 0 fully saturated rings. The molecular weight excluding hydrogens is 440 g/mol. The van der Waals surface area contributed by atoms with Crippen LogP contribution in [0.25, 0.3) is 21.8 Å². The highest BCUT2D eigenvalue weighted by Gasteiger charge is 2.32. The molecule has 1 aromatic carbocycles. The number of aromatic nitrogens is 4. The van der Waals surface area contributed by atoms with Crippen molar-refractivity contribution < 1.29 is 13.6 Å². The quantitative estimate of drug-likeness (QED) is 0.507. The van der Waals surface area contributed by atoms with E-state index in [9.17, 15) is 13.6 Å². The fourth-order valence-electron chi connectivity index (χ4n) is 3.80. The lowest BCUT2D eigenvalue weighted by Crippen LogP contribution is -2.41. The van der Waals surface area contributed by atoms with Crippen LogP contribution in [0, 0.1) is 5.82 Å². The number of nitrogens with zero attached hydrogens (tertiary/aromatic N) is 6. The van der Waals surface area contributed by atoms with E-state index in [2.05, 4.69) is 15.1 Å². The Morgan fingerprint density at radius 3 is 2.88 bits per heavy atom. The summed E-state index contributed by atoms with van der Waals surface area (Å²) in [5.41, 5.74) is 7.66. The van der Waals surface area contributed by atoms with Crippen molar-refractivity contribution in [3.8, 4) is 0 Å². The molecule has 0 aliphatic carbocycles. The first-order chi connectivity index (χ1) is 15.4. The molecule has 1 amide bonds. The lowest BCUT2D eigenvalue weighted by molar-refractivity contribution is 0.0778. The normalized spacial score (nSPS) is 13.9. The Labute approximate surface area is 185 Å². The van der Waals surface area contributed by atoms with Crippen LogP contribution >= 0.6 is 11.6 Å². The molecule has 4 aromatic rings. The number of carbonyl (C=O) groups excluding carboxylic acids is 1. The van der Waals surface area contributed by atoms with Gasteiger partial charge in [0.15, 0.2) is 11.6 Å². The van der Waals surface area contributed by atoms with Gasteiger partial charge < -0.3 is 5.73 Å². The predicted molar refractivity (Wildman–Crippen MR) is 117 cm³/mol. The number of anilines is 2. The number of benzene rings is 1. The molecule has 11 heteroatoms. The number of aryl methyl sites for hydroxylation is 1. The number of alkyl halides is 1. The van der Waals surface area contributed by atoms with Crippen molar-refractivity contribution >= 4 is 50.9 Å². The highest BCUT2D eigenvalue weighted by atomic mass is 35.5. The molecule has 0 unspecified atom stereocenters. The van der Waals surface area contributed by atoms with Crippen LogP contribution in [0.1, 0.15) is 10.4 Å². The van der Waals surface area contributed by atoms with E-state index in [-0.39, 0.29) is 22.9 Å². The van der Waals surface area contributed by atoms with E-state index in [1.165, 1.54) is 40.6 Å². The second-order valence-corrected chi connectivity index (χ2v) is 7.72. The summed E-state index contributed by atoms with van der Waals surface area (Å²) in [5, 5.41) is 8.01. The number of halogens is 3. The second kappa shape index (κ2) is 7.41. The van der Waals surface area contributed by atoms with Gasteiger partial charge in [-0.3, -0.25) is 9.48 Å². The zero-order valence-corrected chi connectivity index (χ0v) is 17.5. The number of rotatable bonds is 3. The summed E-state index contributed by atoms with van der Waals surface area (Å²) in [5.74, 6) is -1.02. The van der Waals surface area contributed by atoms with Gasteiger partial charge in [0, 0.05) is 30.4 Å². The van der Waals surface area contributed by atoms with Gasteiger partial charge in [-0.2, -0.15) is 5.10 Å². The van der Waals surface area contributed by atoms with E-state index in [1.807, 2.05) is 0 Å². The van der Waals surface area contributed by atoms with Crippen LogP contribution in [0.4, 0.5) is 20.4 Å². The summed E-state index contributed by atoms with van der Waals surface area (Å²) in [6.07, 6.45) is 4.34. The van der Waals surface area contributed by atoms with Crippen LogP contribution in [0.5, 0.6) is 0 Å². The monoisotopic (exact) mass is 455 g/mol. The first kappa shape index (κ1) is 20.1. The van der Waals surface area contributed by atoms with Crippen LogP contribution < -0.4 is 10.7 Å². The van der Waals surface area contributed by atoms with Crippen molar-refractivity contribution in [3.63, 3.8) is 0 Å². The number of carbonyl (C=O) groups is 1. The zero-order chi connectivity index (χ0) is 22.6. The maximum atomic E-state index is 14.4. The van der Waals surface area contributed by atoms with E-state index in [0.29, 0.717) is 33.2 Å². The van der Waals surface area contributed by atoms with Crippen LogP contribution in [0.2, 0.25) is 5.02 Å². The highest BCUT2D eigenvalue weighted by molar-refractivity contribution is 6.35. The third kappa shape index (κ3) is 3.02. The Morgan fingerprint density at radius 1 is 1.31 bits per heavy atom. The van der Waals surface area contributed by atoms with Crippen molar-refractivity contribution in [2.45, 2.75) is 0 Å². The summed E-state index contributed by atoms with van der Waals surface area (Å²) >= 11 is 6.44. The van der Waals surface area contributed by atoms with Gasteiger partial charge in [-0.25, -0.2) is 28.8 Å². The van der Waals surface area contributed by atoms with Crippen molar-refractivity contribution in [1.82, 2.24) is 24.8 Å². The van der Waals surface area contributed by atoms with Gasteiger partial charge in [0.1, 0.15) is 12.5 Å². The molecule has 0 atom stereocenters. The lowest BCUT2D eigenvalue weighted by atomic mass is 10.1. The minimum absolute atomic E-state index is 0.0686. The van der Waals surface area contributed by atoms with Crippen LogP contribution in [0.15, 0.2) is 48.4 Å². The zero-order valence-electron chi connectivity index (χ0n) is 16.8. The van der Waals surface area contributed by atoms with E-state index in [0.717, 1.165) is 0 Å². The third-order valence-electron chi connectivity index (χ3n) is 5.31. The highest BCUT2D eigenvalue weighted by Crippen LogP contribution is 2.33. The number of fused-ring (bicyclic) bond motifs is 3. The molecular formula is C21H16ClF2N7O. The maximum Gasteiger partial charge on any atom is 0.274 e. The molecule has 5 rings (SSSR count). The molecule has 4 heterocycles. The molecule has 3 aromatic heterocycles. The number of amides is 1. The largest absolute Gasteiger partial charge is 0.383 e. The number of hydrazine groups is 1. The fourth-order valence-corrected chi connectivity index (χ4v) is 4.04. The molecule has 8 nitrogen and oxygen atoms in total. The fraction of sp³-hybridized carbons (Fsp3) is 0.143. The average molecular weight is 456 g/mol. The van der Waals surface area contributed by atoms with Crippen LogP contribution in [-0.2, 0) is 7.05 Å². The maximum absolute atomic E-state index is 14.4. The second-order valence-electron chi connectivity index (χ2n) is 7.31. The van der Waals surface area contributed by atoms with Gasteiger partial charge in [-0.1, -0.05) is 11.6 Å². The Balaban J connectivity index is 1.65. The van der Waals surface area contributed by atoms with Crippen molar-refractivity contribution in [2.24, 2.45) is 7.05 Å². The number of hydrogen-bond acceptors (Lipinski definition) is 6. The summed E-state index contributed by atoms with van der Waals surface area (Å²) in [7, 11) is 1.75. The molecule has 162 valence electrons. The van der Waals surface area contributed by atoms with Gasteiger partial charge in [-0.15, -0.1) is 0 Å². The Hall–Kier alpha value is -3.79. The van der Waals surface area contributed by atoms with Crippen molar-refractivity contribution in [3.05, 3.63) is 64.8 Å². The molecule has 0 saturated carbocycles. The SMILES string of the molecule is Cn1ncc2c(N)nc3cc(Cl)c(C(=O)N4CC(CF)=CN4c4ncccc4F)cc3c21. The summed E-state index contributed by atoms with van der Waals surface area (Å²) < 4.78 is 29.5. The summed E-state index contributed by atoms with van der Waals surface area (Å²) in [6, 6.07) is 5.78. The topological polar surface area (TPSA) is 93.2 Å². The first-order valence-electron chi connectivity index (χ1n) is 9.56. The smallest absolute Gasteiger partial charge is 0.274 e. The number of pyridine rings is 2. The third-order valence-corrected chi connectivity index (χ3v) is 5.62. The lowest BCUT2D eigenvalue weighted by Gasteiger charge is -2.28. The number of nitrogens with two attached hydrogens (primary N) is 1. The molecule has 0 spiro atoms. The minimum atomic E-state index is -0.793. The Bertz CT molecular complexity index is 1430. The van der Waals surface area contributed by atoms with Crippen molar-refractivity contribution in [1.29, 1.82) is 0 Å². The Kier molecular flexibility index (Phi) is 4.66. The van der Waals surface area contributed by atoms with Gasteiger partial charge in [0.2, 0.25) is 0 Å². The van der Waals surface area contributed by atoms with Crippen LogP contribution in [0.3, 0.4) is 0 Å². The van der Waals surface area contributed by atoms with Gasteiger partial charge in [0.05, 0.1) is 39.7 Å². The van der Waals surface area contributed by atoms with E-state index < -0.39 is 18.4 Å². The molecule has 1 aliphatic rings. The van der Waals surface area contributed by atoms with Crippen LogP contribution in [-0.4, -0.2) is 43.9 Å². The summed E-state index contributed by atoms with van der Waals surface area (Å²) in [6.45, 7) is -0.861. The number of hydrogen-bond donors (Lipinski definition) is 1. The first-order valence-corrected chi connectivity index (χ1v) is 9.94. The van der Waals surface area contributed by atoms with E-state index in [4.69, 9.17) is 17.3 Å². The van der Waals surface area contributed by atoms with Gasteiger partial charge in [0.25, 0.3) is 5.91 Å². The molecule has 0 saturated heterocycles. The number of nitrogen functional groups attached to an aromatic ring is 1. The summed E-state index contributed by atoms with van der Waals surface area (Å²) in [4.78, 5) is 21.9. The van der Waals surface area contributed by atoms with Crippen molar-refractivity contribution in [2.75, 3.05) is 24.0 Å². The Morgan fingerprint density at radius 2 is 2.12 bits per heavy atom. The van der Waals surface area contributed by atoms with Gasteiger partial charge in [-0.05, 0) is 24.3 Å². The average Bonchev–Trinajstić information content (AvgIpc) is 3.38. The molecule has 2 N–H and O–H groups in total. The minimum Gasteiger partial charge on any atom is -0.383 e. The molecule has 32 heavy (non-hydrogen) atoms. The van der Waals surface area contributed by atoms with Gasteiger partial charge >= 0.3 is 0 Å². The predicted octanol–water partition coefficient (Wildman–Crippen LogP) is 3.62. The van der Waals surface area contributed by atoms with E-state index in [1.54, 1.807) is 24.0 Å².